The van der Waals surface area contributed by atoms with Crippen LogP contribution in [0.25, 0.3) is 0 Å². The van der Waals surface area contributed by atoms with E-state index in [0.29, 0.717) is 6.54 Å². The molecule has 0 aromatic carbocycles. The van der Waals surface area contributed by atoms with Crippen LogP contribution in [-0.2, 0) is 20.9 Å². The molecule has 0 aliphatic carbocycles. The van der Waals surface area contributed by atoms with Crippen molar-refractivity contribution in [3.05, 3.63) is 22.4 Å². The van der Waals surface area contributed by atoms with Gasteiger partial charge in [0.05, 0.1) is 6.54 Å². The smallest absolute Gasteiger partial charge is 0.336 e. The minimum absolute atomic E-state index is 0.365. The van der Waals surface area contributed by atoms with E-state index in [0.717, 1.165) is 4.88 Å². The van der Waals surface area contributed by atoms with Crippen LogP contribution in [0.3, 0.4) is 0 Å². The molecule has 80 valence electrons. The fourth-order valence-electron chi connectivity index (χ4n) is 1.19. The van der Waals surface area contributed by atoms with E-state index in [2.05, 4.69) is 5.32 Å². The number of carboxylic acid groups (broad SMARTS) is 1. The van der Waals surface area contributed by atoms with Gasteiger partial charge >= 0.3 is 5.97 Å². The summed E-state index contributed by atoms with van der Waals surface area (Å²) in [5, 5.41) is 13.0. The maximum atomic E-state index is 11.3. The molecule has 1 aliphatic heterocycles. The third kappa shape index (κ3) is 2.34. The van der Waals surface area contributed by atoms with Crippen LogP contribution in [-0.4, -0.2) is 29.2 Å². The zero-order valence-electron chi connectivity index (χ0n) is 7.67. The molecule has 2 unspecified atom stereocenters. The van der Waals surface area contributed by atoms with Crippen LogP contribution in [0, 0.1) is 0 Å². The Bertz CT molecular complexity index is 375. The average molecular weight is 227 g/mol. The van der Waals surface area contributed by atoms with Crippen molar-refractivity contribution in [2.24, 2.45) is 0 Å². The lowest BCUT2D eigenvalue weighted by molar-refractivity contribution is -0.138. The van der Waals surface area contributed by atoms with Crippen molar-refractivity contribution in [2.45, 2.75) is 18.8 Å². The minimum Gasteiger partial charge on any atom is -0.479 e. The summed E-state index contributed by atoms with van der Waals surface area (Å²) < 4.78 is 4.70. The number of carboxylic acids is 1. The molecule has 0 radical (unpaired) electrons. The minimum atomic E-state index is -1.09. The van der Waals surface area contributed by atoms with E-state index in [1.54, 1.807) is 0 Å². The molecule has 1 aromatic rings. The Hall–Kier alpha value is -1.40. The van der Waals surface area contributed by atoms with Crippen LogP contribution >= 0.6 is 11.3 Å². The number of rotatable bonds is 4. The normalized spacial score (nSPS) is 23.5. The zero-order valence-corrected chi connectivity index (χ0v) is 8.49. The quantitative estimate of drug-likeness (QED) is 0.721. The van der Waals surface area contributed by atoms with Crippen LogP contribution in [0.15, 0.2) is 17.5 Å². The number of epoxide rings is 1. The topological polar surface area (TPSA) is 78.9 Å². The maximum absolute atomic E-state index is 11.3. The summed E-state index contributed by atoms with van der Waals surface area (Å²) in [7, 11) is 0. The zero-order chi connectivity index (χ0) is 10.8. The van der Waals surface area contributed by atoms with Gasteiger partial charge < -0.3 is 15.2 Å². The first-order valence-electron chi connectivity index (χ1n) is 4.37. The molecule has 0 bridgehead atoms. The van der Waals surface area contributed by atoms with E-state index in [-0.39, 0.29) is 5.91 Å². The van der Waals surface area contributed by atoms with Crippen LogP contribution in [0.2, 0.25) is 0 Å². The number of carbonyl (C=O) groups excluding carboxylic acids is 1. The van der Waals surface area contributed by atoms with Crippen molar-refractivity contribution in [3.63, 3.8) is 0 Å². The lowest BCUT2D eigenvalue weighted by Crippen LogP contribution is -2.29. The first-order chi connectivity index (χ1) is 7.18. The second-order valence-corrected chi connectivity index (χ2v) is 4.14. The summed E-state index contributed by atoms with van der Waals surface area (Å²) in [4.78, 5) is 22.8. The van der Waals surface area contributed by atoms with Gasteiger partial charge in [-0.3, -0.25) is 4.79 Å². The monoisotopic (exact) mass is 227 g/mol. The van der Waals surface area contributed by atoms with E-state index in [1.807, 2.05) is 17.5 Å². The SMILES string of the molecule is O=C(O)C1OC1C(=O)NCc1cccs1. The first-order valence-corrected chi connectivity index (χ1v) is 5.25. The fourth-order valence-corrected chi connectivity index (χ4v) is 1.83. The van der Waals surface area contributed by atoms with E-state index in [9.17, 15) is 9.59 Å². The third-order valence-electron chi connectivity index (χ3n) is 2.01. The molecule has 15 heavy (non-hydrogen) atoms. The van der Waals surface area contributed by atoms with Gasteiger partial charge in [-0.2, -0.15) is 0 Å². The van der Waals surface area contributed by atoms with Crippen molar-refractivity contribution in [3.8, 4) is 0 Å². The van der Waals surface area contributed by atoms with Gasteiger partial charge in [0, 0.05) is 4.88 Å². The van der Waals surface area contributed by atoms with Gasteiger partial charge in [-0.05, 0) is 11.4 Å². The van der Waals surface area contributed by atoms with Gasteiger partial charge in [-0.1, -0.05) is 6.07 Å². The van der Waals surface area contributed by atoms with Gasteiger partial charge in [0.25, 0.3) is 5.91 Å². The fraction of sp³-hybridized carbons (Fsp3) is 0.333. The van der Waals surface area contributed by atoms with E-state index in [1.165, 1.54) is 11.3 Å². The Kier molecular flexibility index (Phi) is 2.70. The summed E-state index contributed by atoms with van der Waals surface area (Å²) >= 11 is 1.53. The van der Waals surface area contributed by atoms with Crippen LogP contribution < -0.4 is 5.32 Å². The summed E-state index contributed by atoms with van der Waals surface area (Å²) in [6.07, 6.45) is -1.78. The molecular formula is C9H9NO4S. The number of thiophene rings is 1. The van der Waals surface area contributed by atoms with Crippen molar-refractivity contribution < 1.29 is 19.4 Å². The summed E-state index contributed by atoms with van der Waals surface area (Å²) in [5.41, 5.74) is 0. The molecule has 2 heterocycles. The molecule has 1 aromatic heterocycles. The van der Waals surface area contributed by atoms with Crippen molar-refractivity contribution in [2.75, 3.05) is 0 Å². The van der Waals surface area contributed by atoms with Gasteiger partial charge in [0.15, 0.2) is 12.2 Å². The van der Waals surface area contributed by atoms with E-state index in [4.69, 9.17) is 9.84 Å². The molecule has 1 saturated heterocycles. The summed E-state index contributed by atoms with van der Waals surface area (Å²) in [5.74, 6) is -1.46. The summed E-state index contributed by atoms with van der Waals surface area (Å²) in [6.45, 7) is 0.419. The Balaban J connectivity index is 1.77. The number of hydrogen-bond donors (Lipinski definition) is 2. The predicted octanol–water partition coefficient (Wildman–Crippen LogP) is 0.216. The molecular weight excluding hydrogens is 218 g/mol. The van der Waals surface area contributed by atoms with E-state index >= 15 is 0 Å². The van der Waals surface area contributed by atoms with Gasteiger partial charge in [0.1, 0.15) is 0 Å². The maximum Gasteiger partial charge on any atom is 0.336 e. The number of carbonyl (C=O) groups is 2. The predicted molar refractivity (Wildman–Crippen MR) is 52.5 cm³/mol. The Morgan fingerprint density at radius 1 is 1.53 bits per heavy atom. The van der Waals surface area contributed by atoms with Gasteiger partial charge in [0.2, 0.25) is 0 Å². The highest BCUT2D eigenvalue weighted by Gasteiger charge is 2.50. The highest BCUT2D eigenvalue weighted by Crippen LogP contribution is 2.22. The van der Waals surface area contributed by atoms with Crippen LogP contribution in [0.5, 0.6) is 0 Å². The number of aliphatic carboxylic acids is 1. The molecule has 2 atom stereocenters. The number of hydrogen-bond acceptors (Lipinski definition) is 4. The molecule has 2 N–H and O–H groups in total. The lowest BCUT2D eigenvalue weighted by Gasteiger charge is -1.99. The molecule has 0 spiro atoms. The Morgan fingerprint density at radius 2 is 2.33 bits per heavy atom. The molecule has 5 nitrogen and oxygen atoms in total. The molecule has 1 aliphatic rings. The summed E-state index contributed by atoms with van der Waals surface area (Å²) in [6, 6.07) is 3.78. The van der Waals surface area contributed by atoms with Crippen molar-refractivity contribution in [1.29, 1.82) is 0 Å². The largest absolute Gasteiger partial charge is 0.479 e. The standard InChI is InChI=1S/C9H9NO4S/c11-8(6-7(14-6)9(12)13)10-4-5-2-1-3-15-5/h1-3,6-7H,4H2,(H,10,11)(H,12,13). The lowest BCUT2D eigenvalue weighted by atomic mass is 10.3. The first kappa shape index (κ1) is 10.1. The molecule has 1 fully saturated rings. The molecule has 2 rings (SSSR count). The Morgan fingerprint density at radius 3 is 2.87 bits per heavy atom. The highest BCUT2D eigenvalue weighted by molar-refractivity contribution is 7.09. The van der Waals surface area contributed by atoms with Crippen molar-refractivity contribution in [1.82, 2.24) is 5.32 Å². The highest BCUT2D eigenvalue weighted by atomic mass is 32.1. The van der Waals surface area contributed by atoms with Crippen LogP contribution in [0.4, 0.5) is 0 Å². The number of nitrogens with one attached hydrogen (secondary N) is 1. The Labute approximate surface area is 89.7 Å². The second kappa shape index (κ2) is 4.00. The van der Waals surface area contributed by atoms with Gasteiger partial charge in [-0.15, -0.1) is 11.3 Å². The molecule has 6 heteroatoms. The van der Waals surface area contributed by atoms with Gasteiger partial charge in [-0.25, -0.2) is 4.79 Å². The van der Waals surface area contributed by atoms with E-state index < -0.39 is 18.2 Å². The second-order valence-electron chi connectivity index (χ2n) is 3.11. The third-order valence-corrected chi connectivity index (χ3v) is 2.89. The van der Waals surface area contributed by atoms with Crippen LogP contribution in [0.1, 0.15) is 4.88 Å². The average Bonchev–Trinajstić information content (AvgIpc) is 2.85. The van der Waals surface area contributed by atoms with Crippen molar-refractivity contribution >= 4 is 23.2 Å². The number of amides is 1. The number of ether oxygens (including phenoxy) is 1. The molecule has 0 saturated carbocycles. The molecule has 1 amide bonds.